The van der Waals surface area contributed by atoms with Crippen LogP contribution >= 0.6 is 15.9 Å². The number of rotatable bonds is 7. The van der Waals surface area contributed by atoms with Gasteiger partial charge in [-0.25, -0.2) is 0 Å². The van der Waals surface area contributed by atoms with Crippen LogP contribution in [0.3, 0.4) is 0 Å². The summed E-state index contributed by atoms with van der Waals surface area (Å²) in [5, 5.41) is 0. The Hall–Kier alpha value is -2.53. The molecule has 25 heavy (non-hydrogen) atoms. The van der Waals surface area contributed by atoms with Crippen LogP contribution in [0.1, 0.15) is 11.1 Å². The van der Waals surface area contributed by atoms with Gasteiger partial charge in [-0.05, 0) is 42.0 Å². The molecule has 2 aromatic rings. The lowest BCUT2D eigenvalue weighted by molar-refractivity contribution is -0.110. The van der Waals surface area contributed by atoms with Crippen LogP contribution < -0.4 is 14.2 Å². The minimum atomic E-state index is -0.125. The molecule has 0 radical (unpaired) electrons. The van der Waals surface area contributed by atoms with E-state index in [0.717, 1.165) is 15.6 Å². The van der Waals surface area contributed by atoms with E-state index in [9.17, 15) is 4.79 Å². The van der Waals surface area contributed by atoms with Crippen LogP contribution in [-0.4, -0.2) is 27.1 Å². The summed E-state index contributed by atoms with van der Waals surface area (Å²) in [5.74, 6) is 1.61. The molecule has 0 aliphatic heterocycles. The van der Waals surface area contributed by atoms with Gasteiger partial charge in [0.05, 0.1) is 21.3 Å². The second-order valence-corrected chi connectivity index (χ2v) is 5.99. The predicted molar refractivity (Wildman–Crippen MR) is 103 cm³/mol. The van der Waals surface area contributed by atoms with Gasteiger partial charge in [-0.2, -0.15) is 0 Å². The van der Waals surface area contributed by atoms with Crippen molar-refractivity contribution in [1.82, 2.24) is 0 Å². The van der Waals surface area contributed by atoms with Crippen molar-refractivity contribution >= 4 is 33.9 Å². The Morgan fingerprint density at radius 3 is 2.00 bits per heavy atom. The SMILES string of the molecule is COc1cc(OC)c(OC)cc1/C=C/C(=O)/C=C/c1ccc(Br)cc1. The van der Waals surface area contributed by atoms with Crippen LogP contribution in [-0.2, 0) is 4.79 Å². The monoisotopic (exact) mass is 402 g/mol. The molecule has 0 N–H and O–H groups in total. The van der Waals surface area contributed by atoms with Crippen LogP contribution in [0.2, 0.25) is 0 Å². The Balaban J connectivity index is 2.17. The Morgan fingerprint density at radius 1 is 0.840 bits per heavy atom. The van der Waals surface area contributed by atoms with Crippen molar-refractivity contribution in [2.45, 2.75) is 0 Å². The van der Waals surface area contributed by atoms with E-state index in [0.29, 0.717) is 17.2 Å². The van der Waals surface area contributed by atoms with Gasteiger partial charge in [0.2, 0.25) is 0 Å². The number of carbonyl (C=O) groups is 1. The quantitative estimate of drug-likeness (QED) is 0.625. The van der Waals surface area contributed by atoms with E-state index in [4.69, 9.17) is 14.2 Å². The molecule has 0 amide bonds. The van der Waals surface area contributed by atoms with Crippen molar-refractivity contribution in [3.63, 3.8) is 0 Å². The van der Waals surface area contributed by atoms with Gasteiger partial charge in [-0.3, -0.25) is 4.79 Å². The molecule has 5 heteroatoms. The highest BCUT2D eigenvalue weighted by Crippen LogP contribution is 2.35. The van der Waals surface area contributed by atoms with Gasteiger partial charge >= 0.3 is 0 Å². The Bertz CT molecular complexity index is 792. The molecule has 0 spiro atoms. The van der Waals surface area contributed by atoms with Gasteiger partial charge in [-0.1, -0.05) is 34.1 Å². The summed E-state index contributed by atoms with van der Waals surface area (Å²) in [6.45, 7) is 0. The molecule has 0 heterocycles. The molecule has 0 saturated carbocycles. The van der Waals surface area contributed by atoms with Gasteiger partial charge in [0.15, 0.2) is 17.3 Å². The van der Waals surface area contributed by atoms with Crippen LogP contribution in [0.25, 0.3) is 12.2 Å². The molecule has 0 aliphatic rings. The first-order valence-corrected chi connectivity index (χ1v) is 8.32. The van der Waals surface area contributed by atoms with Crippen molar-refractivity contribution in [1.29, 1.82) is 0 Å². The number of hydrogen-bond acceptors (Lipinski definition) is 4. The summed E-state index contributed by atoms with van der Waals surface area (Å²) < 4.78 is 16.9. The van der Waals surface area contributed by atoms with Crippen LogP contribution in [0.4, 0.5) is 0 Å². The number of halogens is 1. The first-order chi connectivity index (χ1) is 12.1. The summed E-state index contributed by atoms with van der Waals surface area (Å²) in [5.41, 5.74) is 1.68. The molecule has 130 valence electrons. The molecule has 0 bridgehead atoms. The van der Waals surface area contributed by atoms with Crippen molar-refractivity contribution in [2.75, 3.05) is 21.3 Å². The maximum absolute atomic E-state index is 12.1. The number of hydrogen-bond donors (Lipinski definition) is 0. The van der Waals surface area contributed by atoms with Crippen molar-refractivity contribution in [3.05, 3.63) is 64.1 Å². The Labute approximate surface area is 155 Å². The van der Waals surface area contributed by atoms with E-state index in [1.807, 2.05) is 24.3 Å². The zero-order chi connectivity index (χ0) is 18.2. The maximum Gasteiger partial charge on any atom is 0.178 e. The number of benzene rings is 2. The molecule has 0 unspecified atom stereocenters. The lowest BCUT2D eigenvalue weighted by Crippen LogP contribution is -1.95. The fourth-order valence-corrected chi connectivity index (χ4v) is 2.43. The predicted octanol–water partition coefficient (Wildman–Crippen LogP) is 4.77. The highest BCUT2D eigenvalue weighted by Gasteiger charge is 2.10. The van der Waals surface area contributed by atoms with Gasteiger partial charge in [0.25, 0.3) is 0 Å². The first kappa shape index (κ1) is 18.8. The van der Waals surface area contributed by atoms with Crippen LogP contribution in [0.5, 0.6) is 17.2 Å². The fraction of sp³-hybridized carbons (Fsp3) is 0.150. The molecular formula is C20H19BrO4. The van der Waals surface area contributed by atoms with E-state index in [2.05, 4.69) is 15.9 Å². The molecule has 0 saturated heterocycles. The number of carbonyl (C=O) groups excluding carboxylic acids is 1. The Morgan fingerprint density at radius 2 is 1.40 bits per heavy atom. The zero-order valence-corrected chi connectivity index (χ0v) is 15.9. The van der Waals surface area contributed by atoms with E-state index < -0.39 is 0 Å². The highest BCUT2D eigenvalue weighted by molar-refractivity contribution is 9.10. The van der Waals surface area contributed by atoms with E-state index in [-0.39, 0.29) is 5.78 Å². The van der Waals surface area contributed by atoms with Crippen molar-refractivity contribution in [3.8, 4) is 17.2 Å². The van der Waals surface area contributed by atoms with Crippen molar-refractivity contribution < 1.29 is 19.0 Å². The van der Waals surface area contributed by atoms with Gasteiger partial charge in [0.1, 0.15) is 5.75 Å². The minimum Gasteiger partial charge on any atom is -0.496 e. The minimum absolute atomic E-state index is 0.125. The third kappa shape index (κ3) is 5.22. The standard InChI is InChI=1S/C20H19BrO4/c1-23-18-13-20(25-3)19(24-2)12-15(18)7-11-17(22)10-6-14-4-8-16(21)9-5-14/h4-13H,1-3H3/b10-6+,11-7+. The lowest BCUT2D eigenvalue weighted by Gasteiger charge is -2.11. The second-order valence-electron chi connectivity index (χ2n) is 5.07. The normalized spacial score (nSPS) is 11.0. The first-order valence-electron chi connectivity index (χ1n) is 7.53. The van der Waals surface area contributed by atoms with Gasteiger partial charge in [0, 0.05) is 16.1 Å². The fourth-order valence-electron chi connectivity index (χ4n) is 2.16. The molecule has 0 atom stereocenters. The van der Waals surface area contributed by atoms with Crippen LogP contribution in [0.15, 0.2) is 53.0 Å². The molecule has 0 aliphatic carbocycles. The molecule has 2 rings (SSSR count). The van der Waals surface area contributed by atoms with Gasteiger partial charge in [-0.15, -0.1) is 0 Å². The third-order valence-electron chi connectivity index (χ3n) is 3.47. The zero-order valence-electron chi connectivity index (χ0n) is 14.3. The van der Waals surface area contributed by atoms with Crippen LogP contribution in [0, 0.1) is 0 Å². The molecule has 0 fully saturated rings. The highest BCUT2D eigenvalue weighted by atomic mass is 79.9. The topological polar surface area (TPSA) is 44.8 Å². The number of allylic oxidation sites excluding steroid dienone is 2. The third-order valence-corrected chi connectivity index (χ3v) is 4.00. The molecular weight excluding hydrogens is 384 g/mol. The molecule has 0 aromatic heterocycles. The van der Waals surface area contributed by atoms with Crippen molar-refractivity contribution in [2.24, 2.45) is 0 Å². The van der Waals surface area contributed by atoms with Gasteiger partial charge < -0.3 is 14.2 Å². The average molecular weight is 403 g/mol. The summed E-state index contributed by atoms with van der Waals surface area (Å²) in [6.07, 6.45) is 6.46. The smallest absolute Gasteiger partial charge is 0.178 e. The molecule has 2 aromatic carbocycles. The molecule has 4 nitrogen and oxygen atoms in total. The largest absolute Gasteiger partial charge is 0.496 e. The van der Waals surface area contributed by atoms with E-state index in [1.165, 1.54) is 12.2 Å². The van der Waals surface area contributed by atoms with E-state index in [1.54, 1.807) is 45.6 Å². The summed E-state index contributed by atoms with van der Waals surface area (Å²) >= 11 is 3.38. The average Bonchev–Trinajstić information content (AvgIpc) is 2.65. The second kappa shape index (κ2) is 9.08. The summed E-state index contributed by atoms with van der Waals surface area (Å²) in [4.78, 5) is 12.1. The number of methoxy groups -OCH3 is 3. The Kier molecular flexibility index (Phi) is 6.83. The number of ketones is 1. The summed E-state index contributed by atoms with van der Waals surface area (Å²) in [7, 11) is 4.68. The lowest BCUT2D eigenvalue weighted by atomic mass is 10.1. The maximum atomic E-state index is 12.1. The van der Waals surface area contributed by atoms with E-state index >= 15 is 0 Å². The number of ether oxygens (including phenoxy) is 3. The summed E-state index contributed by atoms with van der Waals surface area (Å²) in [6, 6.07) is 11.2.